The lowest BCUT2D eigenvalue weighted by Crippen LogP contribution is -2.03. The molecule has 0 unspecified atom stereocenters. The molecule has 0 heterocycles. The summed E-state index contributed by atoms with van der Waals surface area (Å²) in [6.45, 7) is 2.61. The molecule has 0 bridgehead atoms. The molecule has 0 aliphatic heterocycles. The third kappa shape index (κ3) is 3.78. The first-order valence-corrected chi connectivity index (χ1v) is 7.90. The Morgan fingerprint density at radius 1 is 1.19 bits per heavy atom. The van der Waals surface area contributed by atoms with Crippen molar-refractivity contribution >= 4 is 37.5 Å². The first kappa shape index (κ1) is 15.9. The maximum Gasteiger partial charge on any atom is 0.123 e. The van der Waals surface area contributed by atoms with E-state index in [-0.39, 0.29) is 0 Å². The molecular weight excluding hydrogens is 396 g/mol. The molecular formula is C16H14Br2N2O. The lowest BCUT2D eigenvalue weighted by atomic mass is 10.1. The number of halogens is 2. The Hall–Kier alpha value is -1.51. The van der Waals surface area contributed by atoms with E-state index in [4.69, 9.17) is 10.00 Å². The number of nitriles is 1. The fourth-order valence-electron chi connectivity index (χ4n) is 2.04. The van der Waals surface area contributed by atoms with Crippen molar-refractivity contribution in [1.82, 2.24) is 0 Å². The number of hydrogen-bond donors (Lipinski definition) is 1. The number of benzene rings is 2. The van der Waals surface area contributed by atoms with Gasteiger partial charge in [-0.25, -0.2) is 0 Å². The molecule has 0 aliphatic carbocycles. The minimum Gasteiger partial charge on any atom is -0.496 e. The average Bonchev–Trinajstić information content (AvgIpc) is 2.45. The number of hydrogen-bond acceptors (Lipinski definition) is 3. The van der Waals surface area contributed by atoms with Gasteiger partial charge in [0.1, 0.15) is 5.75 Å². The van der Waals surface area contributed by atoms with Crippen LogP contribution >= 0.6 is 31.9 Å². The molecule has 1 N–H and O–H groups in total. The molecule has 2 rings (SSSR count). The smallest absolute Gasteiger partial charge is 0.123 e. The highest BCUT2D eigenvalue weighted by Crippen LogP contribution is 2.33. The van der Waals surface area contributed by atoms with E-state index in [9.17, 15) is 0 Å². The van der Waals surface area contributed by atoms with Gasteiger partial charge in [0.25, 0.3) is 0 Å². The predicted octanol–water partition coefficient (Wildman–Crippen LogP) is 5.01. The van der Waals surface area contributed by atoms with Crippen LogP contribution in [0.4, 0.5) is 5.69 Å². The summed E-state index contributed by atoms with van der Waals surface area (Å²) >= 11 is 7.12. The van der Waals surface area contributed by atoms with Crippen molar-refractivity contribution in [2.75, 3.05) is 12.4 Å². The Morgan fingerprint density at radius 3 is 2.43 bits per heavy atom. The van der Waals surface area contributed by atoms with Gasteiger partial charge in [0.15, 0.2) is 0 Å². The van der Waals surface area contributed by atoms with E-state index in [2.05, 4.69) is 55.4 Å². The summed E-state index contributed by atoms with van der Waals surface area (Å²) in [5, 5.41) is 12.4. The van der Waals surface area contributed by atoms with Gasteiger partial charge in [-0.15, -0.1) is 0 Å². The number of ether oxygens (including phenoxy) is 1. The third-order valence-electron chi connectivity index (χ3n) is 3.05. The highest BCUT2D eigenvalue weighted by Gasteiger charge is 2.09. The summed E-state index contributed by atoms with van der Waals surface area (Å²) in [7, 11) is 1.63. The van der Waals surface area contributed by atoms with Crippen LogP contribution in [0.1, 0.15) is 16.7 Å². The quantitative estimate of drug-likeness (QED) is 0.771. The second-order valence-corrected chi connectivity index (χ2v) is 6.30. The molecule has 2 aromatic carbocycles. The molecule has 3 nitrogen and oxygen atoms in total. The van der Waals surface area contributed by atoms with Gasteiger partial charge in [0.05, 0.1) is 24.4 Å². The zero-order valence-corrected chi connectivity index (χ0v) is 14.9. The molecule has 0 saturated carbocycles. The van der Waals surface area contributed by atoms with E-state index in [0.717, 1.165) is 25.9 Å². The fraction of sp³-hybridized carbons (Fsp3) is 0.188. The normalized spacial score (nSPS) is 10.0. The summed E-state index contributed by atoms with van der Waals surface area (Å²) in [5.74, 6) is 0.765. The Morgan fingerprint density at radius 2 is 1.86 bits per heavy atom. The molecule has 0 aromatic heterocycles. The SMILES string of the molecule is COc1ccc(C#N)cc1CNc1c(Br)cc(C)cc1Br. The Balaban J connectivity index is 2.26. The van der Waals surface area contributed by atoms with Crippen LogP contribution < -0.4 is 10.1 Å². The van der Waals surface area contributed by atoms with Crippen LogP contribution in [0, 0.1) is 18.3 Å². The van der Waals surface area contributed by atoms with Crippen LogP contribution in [0.5, 0.6) is 5.75 Å². The molecule has 0 fully saturated rings. The van der Waals surface area contributed by atoms with Gasteiger partial charge in [0, 0.05) is 21.1 Å². The van der Waals surface area contributed by atoms with Gasteiger partial charge in [-0.1, -0.05) is 0 Å². The zero-order valence-electron chi connectivity index (χ0n) is 11.7. The second-order valence-electron chi connectivity index (χ2n) is 4.60. The minimum atomic E-state index is 0.568. The van der Waals surface area contributed by atoms with Crippen molar-refractivity contribution in [2.24, 2.45) is 0 Å². The number of aryl methyl sites for hydroxylation is 1. The van der Waals surface area contributed by atoms with Gasteiger partial charge in [-0.05, 0) is 74.7 Å². The molecule has 0 amide bonds. The maximum atomic E-state index is 9.00. The van der Waals surface area contributed by atoms with E-state index < -0.39 is 0 Å². The van der Waals surface area contributed by atoms with E-state index in [1.165, 1.54) is 5.56 Å². The zero-order chi connectivity index (χ0) is 15.4. The van der Waals surface area contributed by atoms with Gasteiger partial charge < -0.3 is 10.1 Å². The molecule has 0 radical (unpaired) electrons. The van der Waals surface area contributed by atoms with Crippen molar-refractivity contribution in [1.29, 1.82) is 5.26 Å². The van der Waals surface area contributed by atoms with Crippen LogP contribution in [0.2, 0.25) is 0 Å². The predicted molar refractivity (Wildman–Crippen MR) is 91.6 cm³/mol. The Labute approximate surface area is 141 Å². The molecule has 0 atom stereocenters. The number of anilines is 1. The highest BCUT2D eigenvalue weighted by atomic mass is 79.9. The van der Waals surface area contributed by atoms with E-state index in [0.29, 0.717) is 12.1 Å². The Bertz CT molecular complexity index is 685. The van der Waals surface area contributed by atoms with Crippen molar-refractivity contribution in [3.63, 3.8) is 0 Å². The van der Waals surface area contributed by atoms with E-state index >= 15 is 0 Å². The summed E-state index contributed by atoms with van der Waals surface area (Å²) in [6, 6.07) is 11.6. The van der Waals surface area contributed by atoms with Crippen molar-refractivity contribution in [3.8, 4) is 11.8 Å². The van der Waals surface area contributed by atoms with E-state index in [1.807, 2.05) is 19.1 Å². The van der Waals surface area contributed by atoms with Crippen LogP contribution in [-0.2, 0) is 6.54 Å². The molecule has 21 heavy (non-hydrogen) atoms. The number of nitrogens with one attached hydrogen (secondary N) is 1. The van der Waals surface area contributed by atoms with Gasteiger partial charge in [-0.2, -0.15) is 5.26 Å². The van der Waals surface area contributed by atoms with E-state index in [1.54, 1.807) is 13.2 Å². The second kappa shape index (κ2) is 6.97. The number of nitrogens with zero attached hydrogens (tertiary/aromatic N) is 1. The standard InChI is InChI=1S/C16H14Br2N2O/c1-10-5-13(17)16(14(18)6-10)20-9-12-7-11(8-19)3-4-15(12)21-2/h3-7,20H,9H2,1-2H3. The third-order valence-corrected chi connectivity index (χ3v) is 4.30. The summed E-state index contributed by atoms with van der Waals surface area (Å²) < 4.78 is 7.32. The molecule has 108 valence electrons. The fourth-order valence-corrected chi connectivity index (χ4v) is 3.73. The van der Waals surface area contributed by atoms with Crippen LogP contribution in [0.15, 0.2) is 39.3 Å². The van der Waals surface area contributed by atoms with Crippen molar-refractivity contribution in [2.45, 2.75) is 13.5 Å². The summed E-state index contributed by atoms with van der Waals surface area (Å²) in [6.07, 6.45) is 0. The maximum absolute atomic E-state index is 9.00. The molecule has 5 heteroatoms. The van der Waals surface area contributed by atoms with Crippen LogP contribution in [-0.4, -0.2) is 7.11 Å². The van der Waals surface area contributed by atoms with Crippen molar-refractivity contribution in [3.05, 3.63) is 56.0 Å². The average molecular weight is 410 g/mol. The molecule has 0 aliphatic rings. The topological polar surface area (TPSA) is 45.0 Å². The van der Waals surface area contributed by atoms with Crippen LogP contribution in [0.25, 0.3) is 0 Å². The van der Waals surface area contributed by atoms with Crippen LogP contribution in [0.3, 0.4) is 0 Å². The lowest BCUT2D eigenvalue weighted by Gasteiger charge is -2.14. The molecule has 0 spiro atoms. The first-order chi connectivity index (χ1) is 10.0. The largest absolute Gasteiger partial charge is 0.496 e. The minimum absolute atomic E-state index is 0.568. The van der Waals surface area contributed by atoms with Gasteiger partial charge >= 0.3 is 0 Å². The Kier molecular flexibility index (Phi) is 5.27. The first-order valence-electron chi connectivity index (χ1n) is 6.31. The monoisotopic (exact) mass is 408 g/mol. The summed E-state index contributed by atoms with van der Waals surface area (Å²) in [4.78, 5) is 0. The lowest BCUT2D eigenvalue weighted by molar-refractivity contribution is 0.410. The molecule has 0 saturated heterocycles. The summed E-state index contributed by atoms with van der Waals surface area (Å²) in [5.41, 5.74) is 3.71. The van der Waals surface area contributed by atoms with Gasteiger partial charge in [0.2, 0.25) is 0 Å². The molecule has 2 aromatic rings. The highest BCUT2D eigenvalue weighted by molar-refractivity contribution is 9.11. The number of methoxy groups -OCH3 is 1. The van der Waals surface area contributed by atoms with Crippen molar-refractivity contribution < 1.29 is 4.74 Å². The van der Waals surface area contributed by atoms with Gasteiger partial charge in [-0.3, -0.25) is 0 Å². The number of rotatable bonds is 4.